The molecule has 0 bridgehead atoms. The fraction of sp³-hybridized carbons (Fsp3) is 0.0909. The van der Waals surface area contributed by atoms with Gasteiger partial charge in [0, 0.05) is 11.6 Å². The first-order valence-corrected chi connectivity index (χ1v) is 5.25. The average Bonchev–Trinajstić information content (AvgIpc) is 2.64. The lowest BCUT2D eigenvalue weighted by Gasteiger charge is -2.04. The second-order valence-corrected chi connectivity index (χ2v) is 3.91. The van der Waals surface area contributed by atoms with Gasteiger partial charge >= 0.3 is 5.97 Å². The van der Waals surface area contributed by atoms with E-state index < -0.39 is 5.97 Å². The maximum Gasteiger partial charge on any atom is 0.353 e. The van der Waals surface area contributed by atoms with Gasteiger partial charge in [0.2, 0.25) is 0 Å². The Labute approximate surface area is 101 Å². The molecule has 2 rings (SSSR count). The minimum absolute atomic E-state index is 0.00802. The van der Waals surface area contributed by atoms with Gasteiger partial charge in [-0.25, -0.2) is 9.18 Å². The lowest BCUT2D eigenvalue weighted by molar-refractivity contribution is 0.0689. The van der Waals surface area contributed by atoms with Crippen LogP contribution in [-0.2, 0) is 6.54 Å². The molecule has 0 saturated heterocycles. The number of aromatic nitrogens is 2. The molecule has 0 atom stereocenters. The Hall–Kier alpha value is -1.95. The number of halogens is 1. The van der Waals surface area contributed by atoms with Gasteiger partial charge in [-0.2, -0.15) is 0 Å². The quantitative estimate of drug-likeness (QED) is 0.825. The van der Waals surface area contributed by atoms with Crippen LogP contribution < -0.4 is 0 Å². The number of hydrogen-bond donors (Lipinski definition) is 2. The van der Waals surface area contributed by atoms with Gasteiger partial charge in [-0.1, -0.05) is 30.4 Å². The molecule has 6 heteroatoms. The van der Waals surface area contributed by atoms with Crippen LogP contribution in [0.3, 0.4) is 0 Å². The first-order valence-electron chi connectivity index (χ1n) is 4.84. The zero-order valence-electron chi connectivity index (χ0n) is 8.68. The Balaban J connectivity index is 2.34. The van der Waals surface area contributed by atoms with E-state index in [4.69, 9.17) is 17.3 Å². The highest BCUT2D eigenvalue weighted by Gasteiger charge is 2.08. The number of carboxylic acid groups (broad SMARTS) is 1. The van der Waals surface area contributed by atoms with E-state index in [1.54, 1.807) is 18.2 Å². The molecule has 1 aromatic carbocycles. The van der Waals surface area contributed by atoms with Crippen LogP contribution in [0, 0.1) is 10.5 Å². The van der Waals surface area contributed by atoms with E-state index in [1.807, 2.05) is 0 Å². The molecule has 0 unspecified atom stereocenters. The van der Waals surface area contributed by atoms with Crippen LogP contribution in [0.15, 0.2) is 30.3 Å². The van der Waals surface area contributed by atoms with E-state index in [-0.39, 0.29) is 18.1 Å². The van der Waals surface area contributed by atoms with Crippen LogP contribution in [0.2, 0.25) is 0 Å². The summed E-state index contributed by atoms with van der Waals surface area (Å²) in [5, 5.41) is 11.4. The van der Waals surface area contributed by atoms with Crippen LogP contribution in [-0.4, -0.2) is 20.9 Å². The fourth-order valence-electron chi connectivity index (χ4n) is 1.46. The molecule has 0 spiro atoms. The SMILES string of the molecule is O=C(O)c1cc(=S)n(Cc2ccccc2F)[nH]1. The van der Waals surface area contributed by atoms with Crippen LogP contribution in [0.5, 0.6) is 0 Å². The van der Waals surface area contributed by atoms with Crippen molar-refractivity contribution in [2.75, 3.05) is 0 Å². The summed E-state index contributed by atoms with van der Waals surface area (Å²) in [5.74, 6) is -1.44. The van der Waals surface area contributed by atoms with Gasteiger partial charge in [0.25, 0.3) is 0 Å². The molecule has 88 valence electrons. The number of H-pyrrole nitrogens is 1. The number of hydrogen-bond acceptors (Lipinski definition) is 2. The first-order chi connectivity index (χ1) is 8.08. The van der Waals surface area contributed by atoms with Crippen LogP contribution in [0.1, 0.15) is 16.1 Å². The molecule has 4 nitrogen and oxygen atoms in total. The van der Waals surface area contributed by atoms with Crippen molar-refractivity contribution >= 4 is 18.2 Å². The van der Waals surface area contributed by atoms with Crippen molar-refractivity contribution in [3.8, 4) is 0 Å². The molecule has 1 heterocycles. The zero-order chi connectivity index (χ0) is 12.4. The molecule has 0 aliphatic heterocycles. The predicted octanol–water partition coefficient (Wildman–Crippen LogP) is 2.43. The molecule has 0 aliphatic rings. The molecule has 0 aliphatic carbocycles. The van der Waals surface area contributed by atoms with Crippen molar-refractivity contribution in [2.45, 2.75) is 6.54 Å². The summed E-state index contributed by atoms with van der Waals surface area (Å²) in [4.78, 5) is 10.7. The Bertz CT molecular complexity index is 618. The highest BCUT2D eigenvalue weighted by molar-refractivity contribution is 7.71. The molecule has 0 amide bonds. The van der Waals surface area contributed by atoms with Crippen molar-refractivity contribution in [3.63, 3.8) is 0 Å². The monoisotopic (exact) mass is 252 g/mol. The summed E-state index contributed by atoms with van der Waals surface area (Å²) in [7, 11) is 0. The van der Waals surface area contributed by atoms with E-state index in [9.17, 15) is 9.18 Å². The summed E-state index contributed by atoms with van der Waals surface area (Å²) in [6, 6.07) is 7.61. The average molecular weight is 252 g/mol. The molecule has 1 aromatic heterocycles. The molecule has 17 heavy (non-hydrogen) atoms. The normalized spacial score (nSPS) is 10.4. The lowest BCUT2D eigenvalue weighted by atomic mass is 10.2. The zero-order valence-corrected chi connectivity index (χ0v) is 9.50. The molecule has 0 fully saturated rings. The number of aromatic amines is 1. The van der Waals surface area contributed by atoms with Crippen LogP contribution in [0.25, 0.3) is 0 Å². The van der Waals surface area contributed by atoms with Crippen molar-refractivity contribution in [2.24, 2.45) is 0 Å². The number of nitrogens with one attached hydrogen (secondary N) is 1. The van der Waals surface area contributed by atoms with E-state index in [0.717, 1.165) is 0 Å². The second kappa shape index (κ2) is 4.50. The minimum atomic E-state index is -1.09. The third-order valence-corrected chi connectivity index (χ3v) is 2.64. The number of nitrogens with zero attached hydrogens (tertiary/aromatic N) is 1. The van der Waals surface area contributed by atoms with Gasteiger partial charge in [-0.05, 0) is 6.07 Å². The summed E-state index contributed by atoms with van der Waals surface area (Å²) in [5.41, 5.74) is 0.439. The Morgan fingerprint density at radius 2 is 2.18 bits per heavy atom. The van der Waals surface area contributed by atoms with Crippen LogP contribution in [0.4, 0.5) is 4.39 Å². The number of carboxylic acids is 1. The summed E-state index contributed by atoms with van der Waals surface area (Å²) >= 11 is 4.98. The maximum atomic E-state index is 13.4. The molecule has 0 radical (unpaired) electrons. The van der Waals surface area contributed by atoms with Crippen molar-refractivity contribution < 1.29 is 14.3 Å². The third kappa shape index (κ3) is 2.42. The number of aromatic carboxylic acids is 1. The molecule has 2 aromatic rings. The van der Waals surface area contributed by atoms with Crippen molar-refractivity contribution in [1.82, 2.24) is 9.78 Å². The van der Waals surface area contributed by atoms with Gasteiger partial charge in [-0.3, -0.25) is 9.78 Å². The molecule has 2 N–H and O–H groups in total. The topological polar surface area (TPSA) is 58.0 Å². The smallest absolute Gasteiger partial charge is 0.353 e. The summed E-state index contributed by atoms with van der Waals surface area (Å²) < 4.78 is 15.1. The van der Waals surface area contributed by atoms with E-state index in [1.165, 1.54) is 16.8 Å². The molecular weight excluding hydrogens is 243 g/mol. The van der Waals surface area contributed by atoms with E-state index in [2.05, 4.69) is 5.10 Å². The number of carbonyl (C=O) groups is 1. The van der Waals surface area contributed by atoms with Gasteiger partial charge in [0.05, 0.1) is 6.54 Å². The standard InChI is InChI=1S/C11H9FN2O2S/c12-8-4-2-1-3-7(8)6-14-10(17)5-9(13-14)11(15)16/h1-5,13H,6H2,(H,15,16). The summed E-state index contributed by atoms with van der Waals surface area (Å²) in [6.45, 7) is 0.179. The molecular formula is C11H9FN2O2S. The highest BCUT2D eigenvalue weighted by Crippen LogP contribution is 2.09. The van der Waals surface area contributed by atoms with E-state index >= 15 is 0 Å². The fourth-order valence-corrected chi connectivity index (χ4v) is 1.69. The van der Waals surface area contributed by atoms with Gasteiger partial charge in [-0.15, -0.1) is 0 Å². The largest absolute Gasteiger partial charge is 0.477 e. The molecule has 0 saturated carbocycles. The van der Waals surface area contributed by atoms with Gasteiger partial charge < -0.3 is 5.11 Å². The van der Waals surface area contributed by atoms with Gasteiger partial charge in [0.15, 0.2) is 0 Å². The highest BCUT2D eigenvalue weighted by atomic mass is 32.1. The Morgan fingerprint density at radius 3 is 2.76 bits per heavy atom. The van der Waals surface area contributed by atoms with Crippen molar-refractivity contribution in [1.29, 1.82) is 0 Å². The summed E-state index contributed by atoms with van der Waals surface area (Å²) in [6.07, 6.45) is 0. The first kappa shape index (κ1) is 11.5. The lowest BCUT2D eigenvalue weighted by Crippen LogP contribution is -2.06. The predicted molar refractivity (Wildman–Crippen MR) is 62.1 cm³/mol. The minimum Gasteiger partial charge on any atom is -0.477 e. The second-order valence-electron chi connectivity index (χ2n) is 3.49. The van der Waals surface area contributed by atoms with Crippen LogP contribution >= 0.6 is 12.2 Å². The third-order valence-electron chi connectivity index (χ3n) is 2.31. The Morgan fingerprint density at radius 1 is 1.47 bits per heavy atom. The Kier molecular flexibility index (Phi) is 3.06. The van der Waals surface area contributed by atoms with E-state index in [0.29, 0.717) is 10.2 Å². The van der Waals surface area contributed by atoms with Crippen molar-refractivity contribution in [3.05, 3.63) is 52.0 Å². The number of benzene rings is 1. The van der Waals surface area contributed by atoms with Gasteiger partial charge in [0.1, 0.15) is 16.2 Å². The maximum absolute atomic E-state index is 13.4. The number of rotatable bonds is 3.